The number of carbonyl (C=O) groups is 2. The number of fused-ring (bicyclic) bond motifs is 1. The summed E-state index contributed by atoms with van der Waals surface area (Å²) in [5, 5.41) is 8.69. The molecule has 3 amide bonds. The number of amides is 3. The van der Waals surface area contributed by atoms with E-state index in [9.17, 15) is 9.59 Å². The molecule has 2 aromatic carbocycles. The first-order chi connectivity index (χ1) is 12.6. The van der Waals surface area contributed by atoms with Crippen LogP contribution in [0.4, 0.5) is 16.2 Å². The van der Waals surface area contributed by atoms with Crippen LogP contribution < -0.4 is 20.7 Å². The van der Waals surface area contributed by atoms with Crippen molar-refractivity contribution in [2.75, 3.05) is 17.2 Å². The van der Waals surface area contributed by atoms with Crippen molar-refractivity contribution in [2.45, 2.75) is 32.7 Å². The lowest BCUT2D eigenvalue weighted by molar-refractivity contribution is -0.115. The zero-order chi connectivity index (χ0) is 18.5. The van der Waals surface area contributed by atoms with Gasteiger partial charge in [-0.1, -0.05) is 25.1 Å². The monoisotopic (exact) mass is 353 g/mol. The van der Waals surface area contributed by atoms with Crippen molar-refractivity contribution in [3.63, 3.8) is 0 Å². The lowest BCUT2D eigenvalue weighted by atomic mass is 10.0. The molecule has 1 heterocycles. The lowest BCUT2D eigenvalue weighted by Gasteiger charge is -2.26. The normalized spacial score (nSPS) is 15.4. The maximum absolute atomic E-state index is 12.4. The fourth-order valence-electron chi connectivity index (χ4n) is 2.94. The number of anilines is 2. The molecule has 6 nitrogen and oxygen atoms in total. The fourth-order valence-corrected chi connectivity index (χ4v) is 2.94. The largest absolute Gasteiger partial charge is 0.493 e. The Bertz CT molecular complexity index is 820. The number of rotatable bonds is 4. The predicted octanol–water partition coefficient (Wildman–Crippen LogP) is 3.99. The molecule has 26 heavy (non-hydrogen) atoms. The SMILES string of the molecule is CCC(=O)Nc1ccc(NC(=O)NC2CCOc3ccccc32)cc1C. The topological polar surface area (TPSA) is 79.5 Å². The van der Waals surface area contributed by atoms with Crippen molar-refractivity contribution in [3.05, 3.63) is 53.6 Å². The van der Waals surface area contributed by atoms with Crippen LogP contribution in [0.3, 0.4) is 0 Å². The van der Waals surface area contributed by atoms with E-state index < -0.39 is 0 Å². The van der Waals surface area contributed by atoms with Crippen LogP contribution in [-0.4, -0.2) is 18.5 Å². The van der Waals surface area contributed by atoms with Gasteiger partial charge in [-0.15, -0.1) is 0 Å². The third-order valence-electron chi connectivity index (χ3n) is 4.34. The lowest BCUT2D eigenvalue weighted by Crippen LogP contribution is -2.35. The van der Waals surface area contributed by atoms with Gasteiger partial charge in [0.2, 0.25) is 5.91 Å². The number of hydrogen-bond donors (Lipinski definition) is 3. The van der Waals surface area contributed by atoms with Crippen LogP contribution in [0.15, 0.2) is 42.5 Å². The Labute approximate surface area is 152 Å². The second kappa shape index (κ2) is 7.91. The van der Waals surface area contributed by atoms with Crippen LogP contribution in [0.5, 0.6) is 5.75 Å². The van der Waals surface area contributed by atoms with E-state index in [1.54, 1.807) is 19.1 Å². The molecule has 1 aliphatic rings. The summed E-state index contributed by atoms with van der Waals surface area (Å²) in [6.07, 6.45) is 1.15. The van der Waals surface area contributed by atoms with Gasteiger partial charge < -0.3 is 20.7 Å². The predicted molar refractivity (Wildman–Crippen MR) is 102 cm³/mol. The minimum absolute atomic E-state index is 0.0373. The zero-order valence-corrected chi connectivity index (χ0v) is 15.0. The van der Waals surface area contributed by atoms with Gasteiger partial charge >= 0.3 is 6.03 Å². The fraction of sp³-hybridized carbons (Fsp3) is 0.300. The number of carbonyl (C=O) groups excluding carboxylic acids is 2. The average Bonchev–Trinajstić information content (AvgIpc) is 2.64. The molecule has 0 spiro atoms. The van der Waals surface area contributed by atoms with Crippen LogP contribution in [0.1, 0.15) is 36.9 Å². The highest BCUT2D eigenvalue weighted by molar-refractivity contribution is 5.93. The van der Waals surface area contributed by atoms with Crippen molar-refractivity contribution in [2.24, 2.45) is 0 Å². The summed E-state index contributed by atoms with van der Waals surface area (Å²) in [4.78, 5) is 23.9. The van der Waals surface area contributed by atoms with Crippen LogP contribution in [0, 0.1) is 6.92 Å². The molecule has 136 valence electrons. The summed E-state index contributed by atoms with van der Waals surface area (Å²) in [6.45, 7) is 4.27. The molecule has 1 aliphatic heterocycles. The molecular formula is C20H23N3O3. The second-order valence-corrected chi connectivity index (χ2v) is 6.26. The van der Waals surface area contributed by atoms with Crippen molar-refractivity contribution >= 4 is 23.3 Å². The van der Waals surface area contributed by atoms with Crippen LogP contribution in [0.2, 0.25) is 0 Å². The van der Waals surface area contributed by atoms with Gasteiger partial charge in [-0.25, -0.2) is 4.79 Å². The highest BCUT2D eigenvalue weighted by Gasteiger charge is 2.22. The minimum Gasteiger partial charge on any atom is -0.493 e. The Morgan fingerprint density at radius 2 is 1.96 bits per heavy atom. The third kappa shape index (κ3) is 4.14. The van der Waals surface area contributed by atoms with Crippen molar-refractivity contribution in [1.82, 2.24) is 5.32 Å². The van der Waals surface area contributed by atoms with E-state index >= 15 is 0 Å². The van der Waals surface area contributed by atoms with Crippen LogP contribution in [0.25, 0.3) is 0 Å². The summed E-state index contributed by atoms with van der Waals surface area (Å²) < 4.78 is 5.62. The first kappa shape index (κ1) is 17.8. The maximum Gasteiger partial charge on any atom is 0.319 e. The molecule has 0 radical (unpaired) electrons. The van der Waals surface area contributed by atoms with E-state index in [-0.39, 0.29) is 18.0 Å². The summed E-state index contributed by atoms with van der Waals surface area (Å²) in [5.74, 6) is 0.778. The number of aryl methyl sites for hydroxylation is 1. The number of urea groups is 1. The summed E-state index contributed by atoms with van der Waals surface area (Å²) >= 11 is 0. The van der Waals surface area contributed by atoms with Crippen molar-refractivity contribution in [1.29, 1.82) is 0 Å². The van der Waals surface area contributed by atoms with Gasteiger partial charge in [-0.3, -0.25) is 4.79 Å². The van der Waals surface area contributed by atoms with Gasteiger partial charge in [0.15, 0.2) is 0 Å². The molecule has 0 aromatic heterocycles. The van der Waals surface area contributed by atoms with Gasteiger partial charge in [0.1, 0.15) is 5.75 Å². The van der Waals surface area contributed by atoms with E-state index in [2.05, 4.69) is 16.0 Å². The molecule has 0 aliphatic carbocycles. The number of nitrogens with one attached hydrogen (secondary N) is 3. The molecule has 1 atom stereocenters. The summed E-state index contributed by atoms with van der Waals surface area (Å²) in [5.41, 5.74) is 3.31. The maximum atomic E-state index is 12.4. The molecule has 3 rings (SSSR count). The molecule has 2 aromatic rings. The van der Waals surface area contributed by atoms with Crippen LogP contribution in [-0.2, 0) is 4.79 Å². The first-order valence-corrected chi connectivity index (χ1v) is 8.76. The molecule has 3 N–H and O–H groups in total. The molecule has 0 saturated carbocycles. The van der Waals surface area contributed by atoms with Gasteiger partial charge in [-0.2, -0.15) is 0 Å². The number of para-hydroxylation sites is 1. The van der Waals surface area contributed by atoms with Gasteiger partial charge in [0.25, 0.3) is 0 Å². The smallest absolute Gasteiger partial charge is 0.319 e. The Kier molecular flexibility index (Phi) is 5.41. The highest BCUT2D eigenvalue weighted by Crippen LogP contribution is 2.31. The zero-order valence-electron chi connectivity index (χ0n) is 15.0. The number of benzene rings is 2. The highest BCUT2D eigenvalue weighted by atomic mass is 16.5. The molecule has 6 heteroatoms. The molecule has 1 unspecified atom stereocenters. The Balaban J connectivity index is 1.64. The van der Waals surface area contributed by atoms with E-state index in [0.29, 0.717) is 18.7 Å². The van der Waals surface area contributed by atoms with Crippen molar-refractivity contribution < 1.29 is 14.3 Å². The van der Waals surface area contributed by atoms with Crippen LogP contribution >= 0.6 is 0 Å². The first-order valence-electron chi connectivity index (χ1n) is 8.76. The standard InChI is InChI=1S/C20H23N3O3/c1-3-19(24)22-16-9-8-14(12-13(16)2)21-20(25)23-17-10-11-26-18-7-5-4-6-15(17)18/h4-9,12,17H,3,10-11H2,1-2H3,(H,22,24)(H2,21,23,25). The Morgan fingerprint density at radius 1 is 1.15 bits per heavy atom. The number of ether oxygens (including phenoxy) is 1. The minimum atomic E-state index is -0.267. The molecule has 0 saturated heterocycles. The van der Waals surface area contributed by atoms with E-state index in [1.165, 1.54) is 0 Å². The van der Waals surface area contributed by atoms with E-state index in [0.717, 1.165) is 29.0 Å². The summed E-state index contributed by atoms with van der Waals surface area (Å²) in [7, 11) is 0. The molecule has 0 fully saturated rings. The quantitative estimate of drug-likeness (QED) is 0.777. The van der Waals surface area contributed by atoms with E-state index in [1.807, 2.05) is 37.3 Å². The Hall–Kier alpha value is -3.02. The number of hydrogen-bond acceptors (Lipinski definition) is 3. The molecule has 0 bridgehead atoms. The van der Waals surface area contributed by atoms with E-state index in [4.69, 9.17) is 4.74 Å². The van der Waals surface area contributed by atoms with Gasteiger partial charge in [0, 0.05) is 29.8 Å². The summed E-state index contributed by atoms with van der Waals surface area (Å²) in [6, 6.07) is 12.8. The van der Waals surface area contributed by atoms with Gasteiger partial charge in [-0.05, 0) is 36.8 Å². The average molecular weight is 353 g/mol. The van der Waals surface area contributed by atoms with Gasteiger partial charge in [0.05, 0.1) is 12.6 Å². The third-order valence-corrected chi connectivity index (χ3v) is 4.34. The second-order valence-electron chi connectivity index (χ2n) is 6.26. The Morgan fingerprint density at radius 3 is 2.73 bits per heavy atom. The van der Waals surface area contributed by atoms with Crippen molar-refractivity contribution in [3.8, 4) is 5.75 Å². The molecular weight excluding hydrogens is 330 g/mol.